The highest BCUT2D eigenvalue weighted by atomic mass is 32.2. The summed E-state index contributed by atoms with van der Waals surface area (Å²) in [6.07, 6.45) is 4.58. The molecule has 2 amide bonds. The van der Waals surface area contributed by atoms with Crippen molar-refractivity contribution in [3.63, 3.8) is 0 Å². The Morgan fingerprint density at radius 3 is 2.32 bits per heavy atom. The van der Waals surface area contributed by atoms with E-state index in [1.54, 1.807) is 29.2 Å². The van der Waals surface area contributed by atoms with Crippen LogP contribution in [-0.2, 0) is 21.9 Å². The van der Waals surface area contributed by atoms with Crippen molar-refractivity contribution < 1.29 is 18.9 Å². The topological polar surface area (TPSA) is 92.6 Å². The van der Waals surface area contributed by atoms with E-state index in [0.29, 0.717) is 12.2 Å². The van der Waals surface area contributed by atoms with Crippen molar-refractivity contribution >= 4 is 29.3 Å². The number of carbonyl (C=O) groups is 2. The van der Waals surface area contributed by atoms with Gasteiger partial charge in [-0.1, -0.05) is 44.0 Å². The summed E-state index contributed by atoms with van der Waals surface area (Å²) in [7, 11) is 0. The smallest absolute Gasteiger partial charge is 0.269 e. The molecule has 34 heavy (non-hydrogen) atoms. The van der Waals surface area contributed by atoms with Gasteiger partial charge < -0.3 is 10.2 Å². The van der Waals surface area contributed by atoms with E-state index >= 15 is 0 Å². The highest BCUT2D eigenvalue weighted by Gasteiger charge is 2.30. The molecule has 0 aliphatic heterocycles. The average molecular weight is 488 g/mol. The van der Waals surface area contributed by atoms with Crippen LogP contribution in [0.25, 0.3) is 0 Å². The Hall–Kier alpha value is -2.94. The normalized spacial score (nSPS) is 14.5. The van der Waals surface area contributed by atoms with Crippen LogP contribution in [0.1, 0.15) is 50.2 Å². The molecular formula is C25H30FN3O4S. The molecule has 3 rings (SSSR count). The monoisotopic (exact) mass is 487 g/mol. The second-order valence-electron chi connectivity index (χ2n) is 8.48. The first-order chi connectivity index (χ1) is 16.4. The van der Waals surface area contributed by atoms with Crippen LogP contribution in [0.5, 0.6) is 0 Å². The zero-order valence-electron chi connectivity index (χ0n) is 19.2. The van der Waals surface area contributed by atoms with Crippen molar-refractivity contribution in [1.29, 1.82) is 0 Å². The lowest BCUT2D eigenvalue weighted by molar-refractivity contribution is -0.384. The number of hydrogen-bond donors (Lipinski definition) is 1. The van der Waals surface area contributed by atoms with Gasteiger partial charge in [0, 0.05) is 30.5 Å². The molecule has 1 aliphatic carbocycles. The molecule has 182 valence electrons. The van der Waals surface area contributed by atoms with Gasteiger partial charge in [-0.2, -0.15) is 0 Å². The van der Waals surface area contributed by atoms with Gasteiger partial charge in [0.05, 0.1) is 10.7 Å². The summed E-state index contributed by atoms with van der Waals surface area (Å²) in [4.78, 5) is 38.3. The maximum Gasteiger partial charge on any atom is 0.269 e. The predicted octanol–water partition coefficient (Wildman–Crippen LogP) is 4.83. The number of rotatable bonds is 11. The number of nitrogens with zero attached hydrogens (tertiary/aromatic N) is 2. The Labute approximate surface area is 203 Å². The molecule has 2 aromatic rings. The van der Waals surface area contributed by atoms with Gasteiger partial charge in [-0.05, 0) is 42.5 Å². The third-order valence-corrected chi connectivity index (χ3v) is 6.98. The molecule has 1 fully saturated rings. The molecule has 2 aromatic carbocycles. The first-order valence-electron chi connectivity index (χ1n) is 11.5. The molecule has 0 unspecified atom stereocenters. The molecule has 1 aliphatic rings. The van der Waals surface area contributed by atoms with Gasteiger partial charge in [-0.25, -0.2) is 4.39 Å². The number of nitro groups is 1. The maximum absolute atomic E-state index is 13.4. The van der Waals surface area contributed by atoms with Crippen molar-refractivity contribution in [2.45, 2.75) is 63.4 Å². The molecule has 0 heterocycles. The van der Waals surface area contributed by atoms with E-state index < -0.39 is 11.0 Å². The molecule has 0 aromatic heterocycles. The van der Waals surface area contributed by atoms with Gasteiger partial charge in [0.1, 0.15) is 11.9 Å². The van der Waals surface area contributed by atoms with E-state index in [0.717, 1.165) is 36.8 Å². The summed E-state index contributed by atoms with van der Waals surface area (Å²) in [5.74, 6) is -0.00825. The van der Waals surface area contributed by atoms with Crippen LogP contribution in [0.2, 0.25) is 0 Å². The second-order valence-corrected chi connectivity index (χ2v) is 9.46. The first kappa shape index (κ1) is 25.7. The van der Waals surface area contributed by atoms with E-state index in [1.807, 2.05) is 6.92 Å². The molecule has 1 saturated carbocycles. The number of thioether (sulfide) groups is 1. The fourth-order valence-electron chi connectivity index (χ4n) is 4.13. The molecule has 0 spiro atoms. The standard InChI is InChI=1S/C25H30FN3O4S/c1-2-23(25(31)27-21-5-3-4-6-21)28(15-18-7-11-20(26)12-8-18)24(30)17-34-16-19-9-13-22(14-10-19)29(32)33/h7-14,21,23H,2-6,15-17H2,1H3,(H,27,31)/t23-/m0/s1. The fourth-order valence-corrected chi connectivity index (χ4v) is 5.00. The zero-order valence-corrected chi connectivity index (χ0v) is 20.1. The van der Waals surface area contributed by atoms with Crippen LogP contribution >= 0.6 is 11.8 Å². The Kier molecular flexibility index (Phi) is 9.44. The van der Waals surface area contributed by atoms with Gasteiger partial charge in [0.15, 0.2) is 0 Å². The molecule has 9 heteroatoms. The SMILES string of the molecule is CC[C@@H](C(=O)NC1CCCC1)N(Cc1ccc(F)cc1)C(=O)CSCc1ccc([N+](=O)[O-])cc1. The highest BCUT2D eigenvalue weighted by Crippen LogP contribution is 2.21. The van der Waals surface area contributed by atoms with Crippen LogP contribution in [0.4, 0.5) is 10.1 Å². The number of hydrogen-bond acceptors (Lipinski definition) is 5. The predicted molar refractivity (Wildman–Crippen MR) is 131 cm³/mol. The summed E-state index contributed by atoms with van der Waals surface area (Å²) in [6, 6.07) is 11.7. The summed E-state index contributed by atoms with van der Waals surface area (Å²) in [5, 5.41) is 13.9. The molecular weight excluding hydrogens is 457 g/mol. The second kappa shape index (κ2) is 12.5. The van der Waals surface area contributed by atoms with Gasteiger partial charge >= 0.3 is 0 Å². The summed E-state index contributed by atoms with van der Waals surface area (Å²) >= 11 is 1.39. The third-order valence-electron chi connectivity index (χ3n) is 6.00. The minimum atomic E-state index is -0.613. The lowest BCUT2D eigenvalue weighted by atomic mass is 10.1. The number of halogens is 1. The minimum absolute atomic E-state index is 0.0226. The zero-order chi connectivity index (χ0) is 24.5. The lowest BCUT2D eigenvalue weighted by Gasteiger charge is -2.31. The van der Waals surface area contributed by atoms with E-state index in [1.165, 1.54) is 36.0 Å². The Morgan fingerprint density at radius 1 is 1.12 bits per heavy atom. The Morgan fingerprint density at radius 2 is 1.74 bits per heavy atom. The summed E-state index contributed by atoms with van der Waals surface area (Å²) in [6.45, 7) is 2.10. The first-order valence-corrected chi connectivity index (χ1v) is 12.7. The van der Waals surface area contributed by atoms with Gasteiger partial charge in [0.25, 0.3) is 5.69 Å². The molecule has 0 bridgehead atoms. The number of non-ortho nitro benzene ring substituents is 1. The van der Waals surface area contributed by atoms with E-state index in [9.17, 15) is 24.1 Å². The Bertz CT molecular complexity index is 979. The van der Waals surface area contributed by atoms with Crippen LogP contribution in [0.15, 0.2) is 48.5 Å². The van der Waals surface area contributed by atoms with Crippen LogP contribution in [0.3, 0.4) is 0 Å². The number of carbonyl (C=O) groups excluding carboxylic acids is 2. The van der Waals surface area contributed by atoms with E-state index in [2.05, 4.69) is 5.32 Å². The van der Waals surface area contributed by atoms with Crippen LogP contribution < -0.4 is 5.32 Å². The van der Waals surface area contributed by atoms with E-state index in [4.69, 9.17) is 0 Å². The fraction of sp³-hybridized carbons (Fsp3) is 0.440. The van der Waals surface area contributed by atoms with Crippen LogP contribution in [-0.4, -0.2) is 39.5 Å². The number of amides is 2. The highest BCUT2D eigenvalue weighted by molar-refractivity contribution is 7.99. The molecule has 0 saturated heterocycles. The van der Waals surface area contributed by atoms with Crippen molar-refractivity contribution in [2.24, 2.45) is 0 Å². The van der Waals surface area contributed by atoms with Crippen LogP contribution in [0, 0.1) is 15.9 Å². The largest absolute Gasteiger partial charge is 0.352 e. The summed E-state index contributed by atoms with van der Waals surface area (Å²) < 4.78 is 13.4. The van der Waals surface area contributed by atoms with Crippen molar-refractivity contribution in [3.8, 4) is 0 Å². The third kappa shape index (κ3) is 7.28. The van der Waals surface area contributed by atoms with E-state index in [-0.39, 0.29) is 41.7 Å². The molecule has 1 N–H and O–H groups in total. The number of nitrogens with one attached hydrogen (secondary N) is 1. The van der Waals surface area contributed by atoms with Gasteiger partial charge in [-0.15, -0.1) is 11.8 Å². The molecule has 1 atom stereocenters. The quantitative estimate of drug-likeness (QED) is 0.362. The number of benzene rings is 2. The van der Waals surface area contributed by atoms with Crippen molar-refractivity contribution in [2.75, 3.05) is 5.75 Å². The summed E-state index contributed by atoms with van der Waals surface area (Å²) in [5.41, 5.74) is 1.65. The van der Waals surface area contributed by atoms with Crippen molar-refractivity contribution in [1.82, 2.24) is 10.2 Å². The van der Waals surface area contributed by atoms with Gasteiger partial charge in [-0.3, -0.25) is 19.7 Å². The lowest BCUT2D eigenvalue weighted by Crippen LogP contribution is -2.51. The van der Waals surface area contributed by atoms with Gasteiger partial charge in [0.2, 0.25) is 11.8 Å². The molecule has 0 radical (unpaired) electrons. The molecule has 7 nitrogen and oxygen atoms in total. The average Bonchev–Trinajstić information content (AvgIpc) is 3.33. The van der Waals surface area contributed by atoms with Crippen molar-refractivity contribution in [3.05, 3.63) is 75.6 Å². The number of nitro benzene ring substituents is 1. The Balaban J connectivity index is 1.67. The minimum Gasteiger partial charge on any atom is -0.352 e. The maximum atomic E-state index is 13.4.